The fraction of sp³-hybridized carbons (Fsp3) is 0.538. The van der Waals surface area contributed by atoms with Crippen LogP contribution in [0.5, 0.6) is 0 Å². The molecular formula is C13H18BrClO2S. The van der Waals surface area contributed by atoms with Crippen molar-refractivity contribution in [1.29, 1.82) is 0 Å². The average Bonchev–Trinajstić information content (AvgIpc) is 2.20. The number of alkyl halides is 1. The van der Waals surface area contributed by atoms with E-state index in [2.05, 4.69) is 15.9 Å². The molecule has 0 fully saturated rings. The first-order valence-corrected chi connectivity index (χ1v) is 8.77. The number of rotatable bonds is 3. The van der Waals surface area contributed by atoms with E-state index >= 15 is 0 Å². The van der Waals surface area contributed by atoms with Gasteiger partial charge in [0, 0.05) is 11.3 Å². The van der Waals surface area contributed by atoms with Crippen molar-refractivity contribution in [1.82, 2.24) is 0 Å². The van der Waals surface area contributed by atoms with E-state index < -0.39 is 14.6 Å². The Labute approximate surface area is 123 Å². The highest BCUT2D eigenvalue weighted by Gasteiger charge is 2.39. The third kappa shape index (κ3) is 2.91. The van der Waals surface area contributed by atoms with Gasteiger partial charge in [0.25, 0.3) is 0 Å². The van der Waals surface area contributed by atoms with E-state index in [0.29, 0.717) is 5.02 Å². The zero-order chi connectivity index (χ0) is 14.3. The maximum atomic E-state index is 11.9. The molecule has 1 rings (SSSR count). The number of sulfone groups is 1. The van der Waals surface area contributed by atoms with Crippen molar-refractivity contribution in [2.75, 3.05) is 6.26 Å². The van der Waals surface area contributed by atoms with Crippen LogP contribution in [0.25, 0.3) is 0 Å². The topological polar surface area (TPSA) is 34.1 Å². The molecule has 1 atom stereocenters. The molecule has 0 spiro atoms. The summed E-state index contributed by atoms with van der Waals surface area (Å²) in [5, 5.41) is 0.702. The van der Waals surface area contributed by atoms with Crippen LogP contribution in [0.1, 0.15) is 35.4 Å². The molecule has 0 aliphatic heterocycles. The zero-order valence-electron chi connectivity index (χ0n) is 11.2. The van der Waals surface area contributed by atoms with Crippen LogP contribution in [-0.4, -0.2) is 19.4 Å². The summed E-state index contributed by atoms with van der Waals surface area (Å²) in [4.78, 5) is -0.268. The number of halogens is 2. The maximum Gasteiger partial charge on any atom is 0.154 e. The molecule has 0 N–H and O–H groups in total. The normalized spacial score (nSPS) is 14.6. The van der Waals surface area contributed by atoms with Gasteiger partial charge in [-0.25, -0.2) is 8.42 Å². The van der Waals surface area contributed by atoms with Gasteiger partial charge in [0.2, 0.25) is 0 Å². The summed E-state index contributed by atoms with van der Waals surface area (Å²) in [5.74, 6) is 0. The largest absolute Gasteiger partial charge is 0.229 e. The van der Waals surface area contributed by atoms with Crippen molar-refractivity contribution in [3.05, 3.63) is 33.8 Å². The Morgan fingerprint density at radius 2 is 1.72 bits per heavy atom. The second kappa shape index (κ2) is 5.14. The van der Waals surface area contributed by atoms with Crippen molar-refractivity contribution in [3.63, 3.8) is 0 Å². The summed E-state index contributed by atoms with van der Waals surface area (Å²) in [7, 11) is -3.17. The van der Waals surface area contributed by atoms with Gasteiger partial charge in [0.05, 0.1) is 9.57 Å². The smallest absolute Gasteiger partial charge is 0.154 e. The van der Waals surface area contributed by atoms with Crippen molar-refractivity contribution < 1.29 is 8.42 Å². The SMILES string of the molecule is Cc1cc(C(Br)C(C)(C)S(C)(=O)=O)c(C)cc1Cl. The summed E-state index contributed by atoms with van der Waals surface area (Å²) in [6, 6.07) is 3.82. The first-order chi connectivity index (χ1) is 7.98. The van der Waals surface area contributed by atoms with E-state index in [0.717, 1.165) is 16.7 Å². The molecule has 0 heterocycles. The molecule has 0 aliphatic carbocycles. The van der Waals surface area contributed by atoms with Gasteiger partial charge in [0.1, 0.15) is 0 Å². The van der Waals surface area contributed by atoms with E-state index in [-0.39, 0.29) is 4.83 Å². The van der Waals surface area contributed by atoms with Crippen LogP contribution >= 0.6 is 27.5 Å². The molecule has 0 saturated heterocycles. The van der Waals surface area contributed by atoms with Crippen LogP contribution in [0.4, 0.5) is 0 Å². The van der Waals surface area contributed by atoms with Gasteiger partial charge in [-0.1, -0.05) is 33.6 Å². The van der Waals surface area contributed by atoms with Crippen molar-refractivity contribution >= 4 is 37.4 Å². The lowest BCUT2D eigenvalue weighted by molar-refractivity contribution is 0.548. The lowest BCUT2D eigenvalue weighted by atomic mass is 9.96. The molecule has 0 amide bonds. The Kier molecular flexibility index (Phi) is 4.57. The molecule has 0 aliphatic rings. The standard InChI is InChI=1S/C13H18BrClO2S/c1-8-7-11(15)9(2)6-10(8)12(14)13(3,4)18(5,16)17/h6-7,12H,1-5H3. The molecule has 0 saturated carbocycles. The Bertz CT molecular complexity index is 565. The molecule has 0 aromatic heterocycles. The average molecular weight is 354 g/mol. The van der Waals surface area contributed by atoms with Gasteiger partial charge in [-0.15, -0.1) is 0 Å². The van der Waals surface area contributed by atoms with Gasteiger partial charge in [-0.3, -0.25) is 0 Å². The highest BCUT2D eigenvalue weighted by atomic mass is 79.9. The zero-order valence-corrected chi connectivity index (χ0v) is 14.4. The van der Waals surface area contributed by atoms with Crippen LogP contribution in [0.3, 0.4) is 0 Å². The van der Waals surface area contributed by atoms with Gasteiger partial charge in [0.15, 0.2) is 9.84 Å². The third-order valence-electron chi connectivity index (χ3n) is 3.39. The lowest BCUT2D eigenvalue weighted by Gasteiger charge is -2.30. The van der Waals surface area contributed by atoms with E-state index in [1.54, 1.807) is 13.8 Å². The van der Waals surface area contributed by atoms with Crippen molar-refractivity contribution in [2.24, 2.45) is 0 Å². The molecule has 102 valence electrons. The Hall–Kier alpha value is -0.0600. The van der Waals surface area contributed by atoms with E-state index in [9.17, 15) is 8.42 Å². The molecule has 0 radical (unpaired) electrons. The second-order valence-corrected chi connectivity index (χ2v) is 9.12. The first kappa shape index (κ1) is 16.0. The van der Waals surface area contributed by atoms with Crippen LogP contribution in [-0.2, 0) is 9.84 Å². The van der Waals surface area contributed by atoms with E-state index in [4.69, 9.17) is 11.6 Å². The van der Waals surface area contributed by atoms with Gasteiger partial charge < -0.3 is 0 Å². The Balaban J connectivity index is 3.36. The minimum absolute atomic E-state index is 0.268. The van der Waals surface area contributed by atoms with Crippen LogP contribution in [0, 0.1) is 13.8 Å². The van der Waals surface area contributed by atoms with Crippen LogP contribution in [0.15, 0.2) is 12.1 Å². The molecular weight excluding hydrogens is 336 g/mol. The molecule has 1 aromatic rings. The highest BCUT2D eigenvalue weighted by Crippen LogP contribution is 2.41. The van der Waals surface area contributed by atoms with E-state index in [1.807, 2.05) is 26.0 Å². The lowest BCUT2D eigenvalue weighted by Crippen LogP contribution is -2.35. The Morgan fingerprint density at radius 1 is 1.22 bits per heavy atom. The van der Waals surface area contributed by atoms with Gasteiger partial charge in [-0.05, 0) is 50.5 Å². The fourth-order valence-electron chi connectivity index (χ4n) is 1.64. The summed E-state index contributed by atoms with van der Waals surface area (Å²) >= 11 is 9.59. The minimum atomic E-state index is -3.17. The quantitative estimate of drug-likeness (QED) is 0.763. The molecule has 5 heteroatoms. The highest BCUT2D eigenvalue weighted by molar-refractivity contribution is 9.09. The monoisotopic (exact) mass is 352 g/mol. The summed E-state index contributed by atoms with van der Waals surface area (Å²) in [6.07, 6.45) is 1.26. The Morgan fingerprint density at radius 3 is 2.17 bits per heavy atom. The maximum absolute atomic E-state index is 11.9. The summed E-state index contributed by atoms with van der Waals surface area (Å²) < 4.78 is 22.9. The minimum Gasteiger partial charge on any atom is -0.229 e. The predicted molar refractivity (Wildman–Crippen MR) is 81.5 cm³/mol. The number of benzene rings is 1. The third-order valence-corrected chi connectivity index (χ3v) is 7.88. The molecule has 18 heavy (non-hydrogen) atoms. The predicted octanol–water partition coefficient (Wildman–Crippen LogP) is 4.22. The van der Waals surface area contributed by atoms with Crippen molar-refractivity contribution in [2.45, 2.75) is 37.3 Å². The molecule has 0 bridgehead atoms. The van der Waals surface area contributed by atoms with E-state index in [1.165, 1.54) is 6.26 Å². The number of hydrogen-bond donors (Lipinski definition) is 0. The van der Waals surface area contributed by atoms with Gasteiger partial charge in [-0.2, -0.15) is 0 Å². The summed E-state index contributed by atoms with van der Waals surface area (Å²) in [6.45, 7) is 7.31. The first-order valence-electron chi connectivity index (χ1n) is 5.58. The van der Waals surface area contributed by atoms with Crippen molar-refractivity contribution in [3.8, 4) is 0 Å². The molecule has 1 unspecified atom stereocenters. The number of aryl methyl sites for hydroxylation is 2. The van der Waals surface area contributed by atoms with Gasteiger partial charge >= 0.3 is 0 Å². The van der Waals surface area contributed by atoms with Crippen LogP contribution < -0.4 is 0 Å². The van der Waals surface area contributed by atoms with Crippen LogP contribution in [0.2, 0.25) is 5.02 Å². The molecule has 2 nitrogen and oxygen atoms in total. The summed E-state index contributed by atoms with van der Waals surface area (Å²) in [5.41, 5.74) is 2.91. The molecule has 1 aromatic carbocycles. The second-order valence-electron chi connectivity index (χ2n) is 5.20. The fourth-order valence-corrected chi connectivity index (χ4v) is 3.87. The number of hydrogen-bond acceptors (Lipinski definition) is 2.